The molecule has 1 N–H and O–H groups in total. The number of aromatic nitrogens is 1. The molecule has 0 aliphatic carbocycles. The summed E-state index contributed by atoms with van der Waals surface area (Å²) in [6, 6.07) is 0. The summed E-state index contributed by atoms with van der Waals surface area (Å²) in [4.78, 5) is 14.4. The van der Waals surface area contributed by atoms with Crippen LogP contribution in [0.25, 0.3) is 0 Å². The van der Waals surface area contributed by atoms with Gasteiger partial charge in [-0.2, -0.15) is 0 Å². The van der Waals surface area contributed by atoms with Crippen molar-refractivity contribution in [3.8, 4) is 5.75 Å². The maximum absolute atomic E-state index is 12.9. The Hall–Kier alpha value is -1.65. The van der Waals surface area contributed by atoms with Crippen LogP contribution in [0.15, 0.2) is 12.4 Å². The predicted octanol–water partition coefficient (Wildman–Crippen LogP) is 1.10. The zero-order valence-corrected chi connectivity index (χ0v) is 6.95. The van der Waals surface area contributed by atoms with Gasteiger partial charge in [0.1, 0.15) is 5.56 Å². The largest absolute Gasteiger partial charge is 0.505 e. The minimum atomic E-state index is -0.890. The van der Waals surface area contributed by atoms with E-state index in [4.69, 9.17) is 5.11 Å². The van der Waals surface area contributed by atoms with Gasteiger partial charge in [0, 0.05) is 0 Å². The van der Waals surface area contributed by atoms with Crippen molar-refractivity contribution >= 4 is 5.97 Å². The van der Waals surface area contributed by atoms with E-state index in [1.807, 2.05) is 0 Å². The van der Waals surface area contributed by atoms with E-state index in [9.17, 15) is 9.18 Å². The first-order valence-corrected chi connectivity index (χ1v) is 3.66. The third kappa shape index (κ3) is 1.93. The van der Waals surface area contributed by atoms with E-state index >= 15 is 0 Å². The van der Waals surface area contributed by atoms with Crippen LogP contribution in [0.2, 0.25) is 0 Å². The highest BCUT2D eigenvalue weighted by atomic mass is 19.1. The molecule has 5 heteroatoms. The van der Waals surface area contributed by atoms with Crippen molar-refractivity contribution in [2.24, 2.45) is 0 Å². The molecular formula is C8H8FNO3. The average molecular weight is 185 g/mol. The molecule has 0 aliphatic rings. The molecular weight excluding hydrogens is 177 g/mol. The smallest absolute Gasteiger partial charge is 0.345 e. The highest BCUT2D eigenvalue weighted by Crippen LogP contribution is 2.18. The summed E-state index contributed by atoms with van der Waals surface area (Å²) in [5.74, 6) is -2.29. The first-order valence-electron chi connectivity index (χ1n) is 3.66. The summed E-state index contributed by atoms with van der Waals surface area (Å²) in [7, 11) is 0. The monoisotopic (exact) mass is 185 g/mol. The van der Waals surface area contributed by atoms with Gasteiger partial charge in [0.2, 0.25) is 0 Å². The van der Waals surface area contributed by atoms with Gasteiger partial charge in [-0.25, -0.2) is 9.18 Å². The molecule has 0 unspecified atom stereocenters. The molecule has 0 atom stereocenters. The molecule has 0 aliphatic heterocycles. The summed E-state index contributed by atoms with van der Waals surface area (Å²) in [6.07, 6.45) is 1.82. The first-order chi connectivity index (χ1) is 6.16. The Kier molecular flexibility index (Phi) is 2.79. The Labute approximate surface area is 74.0 Å². The van der Waals surface area contributed by atoms with Crippen LogP contribution in [0.5, 0.6) is 5.75 Å². The van der Waals surface area contributed by atoms with E-state index < -0.39 is 23.1 Å². The molecule has 1 aromatic heterocycles. The van der Waals surface area contributed by atoms with Gasteiger partial charge >= 0.3 is 5.97 Å². The molecule has 1 aromatic rings. The molecule has 0 aromatic carbocycles. The number of carbonyl (C=O) groups excluding carboxylic acids is 1. The highest BCUT2D eigenvalue weighted by molar-refractivity contribution is 5.92. The molecule has 1 rings (SSSR count). The molecule has 0 fully saturated rings. The number of esters is 1. The van der Waals surface area contributed by atoms with Crippen LogP contribution in [-0.2, 0) is 4.74 Å². The topological polar surface area (TPSA) is 59.4 Å². The molecule has 0 amide bonds. The lowest BCUT2D eigenvalue weighted by molar-refractivity contribution is 0.0517. The third-order valence-electron chi connectivity index (χ3n) is 1.36. The summed E-state index contributed by atoms with van der Waals surface area (Å²) in [5.41, 5.74) is -0.475. The maximum atomic E-state index is 12.9. The summed E-state index contributed by atoms with van der Waals surface area (Å²) in [6.45, 7) is 1.72. The molecule has 0 bridgehead atoms. The maximum Gasteiger partial charge on any atom is 0.345 e. The Bertz CT molecular complexity index is 307. The lowest BCUT2D eigenvalue weighted by Gasteiger charge is -2.03. The number of pyridine rings is 1. The fraction of sp³-hybridized carbons (Fsp3) is 0.250. The Morgan fingerprint density at radius 3 is 2.92 bits per heavy atom. The van der Waals surface area contributed by atoms with E-state index in [0.717, 1.165) is 12.4 Å². The van der Waals surface area contributed by atoms with Gasteiger partial charge in [-0.15, -0.1) is 0 Å². The SMILES string of the molecule is CCOC(=O)c1c(O)cncc1F. The second-order valence-corrected chi connectivity index (χ2v) is 2.24. The van der Waals surface area contributed by atoms with Crippen LogP contribution in [-0.4, -0.2) is 22.7 Å². The molecule has 0 saturated heterocycles. The van der Waals surface area contributed by atoms with E-state index in [0.29, 0.717) is 0 Å². The number of ether oxygens (including phenoxy) is 1. The van der Waals surface area contributed by atoms with Gasteiger partial charge in [0.25, 0.3) is 0 Å². The normalized spacial score (nSPS) is 9.69. The van der Waals surface area contributed by atoms with E-state index in [2.05, 4.69) is 9.72 Å². The molecule has 1 heterocycles. The Morgan fingerprint density at radius 2 is 2.38 bits per heavy atom. The van der Waals surface area contributed by atoms with Crippen molar-refractivity contribution in [3.05, 3.63) is 23.8 Å². The van der Waals surface area contributed by atoms with Crippen LogP contribution in [0.4, 0.5) is 4.39 Å². The van der Waals surface area contributed by atoms with Crippen LogP contribution in [0, 0.1) is 5.82 Å². The number of carbonyl (C=O) groups is 1. The van der Waals surface area contributed by atoms with Gasteiger partial charge in [0.15, 0.2) is 11.6 Å². The first kappa shape index (κ1) is 9.44. The van der Waals surface area contributed by atoms with E-state index in [1.54, 1.807) is 6.92 Å². The summed E-state index contributed by atoms with van der Waals surface area (Å²) < 4.78 is 17.4. The highest BCUT2D eigenvalue weighted by Gasteiger charge is 2.17. The lowest BCUT2D eigenvalue weighted by atomic mass is 10.2. The van der Waals surface area contributed by atoms with Gasteiger partial charge in [-0.1, -0.05) is 0 Å². The van der Waals surface area contributed by atoms with Crippen molar-refractivity contribution in [1.82, 2.24) is 4.98 Å². The molecule has 70 valence electrons. The molecule has 0 spiro atoms. The van der Waals surface area contributed by atoms with Crippen LogP contribution in [0.3, 0.4) is 0 Å². The van der Waals surface area contributed by atoms with Gasteiger partial charge < -0.3 is 9.84 Å². The van der Waals surface area contributed by atoms with Crippen LogP contribution >= 0.6 is 0 Å². The molecule has 0 saturated carbocycles. The molecule has 13 heavy (non-hydrogen) atoms. The quantitative estimate of drug-likeness (QED) is 0.701. The number of hydrogen-bond acceptors (Lipinski definition) is 4. The number of nitrogens with zero attached hydrogens (tertiary/aromatic N) is 1. The van der Waals surface area contributed by atoms with Crippen molar-refractivity contribution in [2.75, 3.05) is 6.61 Å². The fourth-order valence-electron chi connectivity index (χ4n) is 0.830. The Balaban J connectivity index is 3.05. The van der Waals surface area contributed by atoms with Crippen molar-refractivity contribution in [1.29, 1.82) is 0 Å². The number of rotatable bonds is 2. The standard InChI is InChI=1S/C8H8FNO3/c1-2-13-8(12)7-5(9)3-10-4-6(7)11/h3-4,11H,2H2,1H3. The molecule has 4 nitrogen and oxygen atoms in total. The molecule has 0 radical (unpaired) electrons. The van der Waals surface area contributed by atoms with Crippen LogP contribution < -0.4 is 0 Å². The van der Waals surface area contributed by atoms with Gasteiger partial charge in [0.05, 0.1) is 19.0 Å². The fourth-order valence-corrected chi connectivity index (χ4v) is 0.830. The van der Waals surface area contributed by atoms with Crippen molar-refractivity contribution in [2.45, 2.75) is 6.92 Å². The van der Waals surface area contributed by atoms with Gasteiger partial charge in [-0.3, -0.25) is 4.98 Å². The second-order valence-electron chi connectivity index (χ2n) is 2.24. The van der Waals surface area contributed by atoms with Crippen molar-refractivity contribution < 1.29 is 19.0 Å². The number of aromatic hydroxyl groups is 1. The Morgan fingerprint density at radius 1 is 1.69 bits per heavy atom. The minimum Gasteiger partial charge on any atom is -0.505 e. The summed E-state index contributed by atoms with van der Waals surface area (Å²) in [5, 5.41) is 9.09. The van der Waals surface area contributed by atoms with Crippen molar-refractivity contribution in [3.63, 3.8) is 0 Å². The van der Waals surface area contributed by atoms with E-state index in [1.165, 1.54) is 0 Å². The third-order valence-corrected chi connectivity index (χ3v) is 1.36. The minimum absolute atomic E-state index is 0.125. The summed E-state index contributed by atoms with van der Waals surface area (Å²) >= 11 is 0. The van der Waals surface area contributed by atoms with Gasteiger partial charge in [-0.05, 0) is 6.92 Å². The lowest BCUT2D eigenvalue weighted by Crippen LogP contribution is -2.07. The van der Waals surface area contributed by atoms with E-state index in [-0.39, 0.29) is 6.61 Å². The second kappa shape index (κ2) is 3.84. The average Bonchev–Trinajstić information content (AvgIpc) is 2.04. The zero-order valence-electron chi connectivity index (χ0n) is 6.95. The predicted molar refractivity (Wildman–Crippen MR) is 41.8 cm³/mol. The number of hydrogen-bond donors (Lipinski definition) is 1. The zero-order chi connectivity index (χ0) is 9.84. The van der Waals surface area contributed by atoms with Crippen LogP contribution in [0.1, 0.15) is 17.3 Å². The number of halogens is 1.